The molecule has 9 heteroatoms. The van der Waals surface area contributed by atoms with E-state index < -0.39 is 30.0 Å². The molecule has 0 unspecified atom stereocenters. The molecule has 1 N–H and O–H groups in total. The van der Waals surface area contributed by atoms with Crippen LogP contribution in [0, 0.1) is 5.92 Å². The molecular formula is C31H36N2O7. The minimum Gasteiger partial charge on any atom is -0.493 e. The number of hydrogen-bond donors (Lipinski definition) is 1. The second-order valence-corrected chi connectivity index (χ2v) is 9.35. The van der Waals surface area contributed by atoms with Crippen molar-refractivity contribution in [2.24, 2.45) is 5.92 Å². The van der Waals surface area contributed by atoms with Crippen molar-refractivity contribution in [1.82, 2.24) is 10.3 Å². The molecule has 212 valence electrons. The molecule has 0 aliphatic rings. The lowest BCUT2D eigenvalue weighted by atomic mass is 9.88. The second kappa shape index (κ2) is 14.7. The van der Waals surface area contributed by atoms with E-state index in [1.807, 2.05) is 74.5 Å². The van der Waals surface area contributed by atoms with Crippen molar-refractivity contribution in [3.63, 3.8) is 0 Å². The van der Waals surface area contributed by atoms with Gasteiger partial charge >= 0.3 is 11.9 Å². The van der Waals surface area contributed by atoms with Crippen molar-refractivity contribution >= 4 is 17.8 Å². The standard InChI is InChI=1S/C31H36N2O7/c1-6-26(40-24-15-11-8-12-16-24)25(19-23-13-9-7-10-14-23)21(3)38-31(36)20(2)33-30(35)28-29(39-22(4)34)27(37-5)17-18-32-28/h7-18,20-21,25-26H,6,19H2,1-5H3,(H,33,35)/t20-,21-,25-,26-/m0/s1. The third-order valence-corrected chi connectivity index (χ3v) is 6.38. The third kappa shape index (κ3) is 8.30. The van der Waals surface area contributed by atoms with Gasteiger partial charge in [-0.25, -0.2) is 9.78 Å². The number of esters is 2. The predicted octanol–water partition coefficient (Wildman–Crippen LogP) is 4.78. The van der Waals surface area contributed by atoms with Gasteiger partial charge in [0.15, 0.2) is 11.4 Å². The largest absolute Gasteiger partial charge is 0.493 e. The molecule has 0 spiro atoms. The number of methoxy groups -OCH3 is 1. The van der Waals surface area contributed by atoms with Crippen LogP contribution in [-0.4, -0.2) is 48.2 Å². The first kappa shape index (κ1) is 30.1. The molecule has 0 fully saturated rings. The Balaban J connectivity index is 1.75. The van der Waals surface area contributed by atoms with Crippen molar-refractivity contribution < 1.29 is 33.3 Å². The first-order valence-corrected chi connectivity index (χ1v) is 13.2. The van der Waals surface area contributed by atoms with E-state index in [-0.39, 0.29) is 29.2 Å². The molecule has 0 saturated heterocycles. The lowest BCUT2D eigenvalue weighted by Crippen LogP contribution is -2.44. The molecule has 4 atom stereocenters. The Morgan fingerprint density at radius 1 is 0.950 bits per heavy atom. The van der Waals surface area contributed by atoms with Gasteiger partial charge in [-0.1, -0.05) is 55.5 Å². The van der Waals surface area contributed by atoms with Gasteiger partial charge in [0.2, 0.25) is 5.75 Å². The first-order chi connectivity index (χ1) is 19.2. The van der Waals surface area contributed by atoms with E-state index in [1.54, 1.807) is 0 Å². The van der Waals surface area contributed by atoms with E-state index in [4.69, 9.17) is 18.9 Å². The Morgan fingerprint density at radius 3 is 2.20 bits per heavy atom. The lowest BCUT2D eigenvalue weighted by molar-refractivity contribution is -0.154. The molecule has 3 rings (SSSR count). The molecule has 1 aromatic heterocycles. The zero-order valence-corrected chi connectivity index (χ0v) is 23.5. The van der Waals surface area contributed by atoms with Crippen LogP contribution in [-0.2, 0) is 20.7 Å². The highest BCUT2D eigenvalue weighted by Gasteiger charge is 2.32. The van der Waals surface area contributed by atoms with Crippen molar-refractivity contribution in [1.29, 1.82) is 0 Å². The van der Waals surface area contributed by atoms with E-state index >= 15 is 0 Å². The maximum Gasteiger partial charge on any atom is 0.328 e. The number of nitrogens with zero attached hydrogens (tertiary/aromatic N) is 1. The number of hydrogen-bond acceptors (Lipinski definition) is 8. The van der Waals surface area contributed by atoms with Crippen LogP contribution in [0.4, 0.5) is 0 Å². The molecule has 0 radical (unpaired) electrons. The summed E-state index contributed by atoms with van der Waals surface area (Å²) < 4.78 is 22.6. The van der Waals surface area contributed by atoms with Gasteiger partial charge < -0.3 is 24.3 Å². The fourth-order valence-electron chi connectivity index (χ4n) is 4.33. The molecule has 9 nitrogen and oxygen atoms in total. The van der Waals surface area contributed by atoms with Crippen LogP contribution in [0.1, 0.15) is 50.2 Å². The molecule has 1 heterocycles. The van der Waals surface area contributed by atoms with Crippen molar-refractivity contribution in [2.45, 2.75) is 58.8 Å². The number of benzene rings is 2. The van der Waals surface area contributed by atoms with Gasteiger partial charge in [-0.2, -0.15) is 0 Å². The summed E-state index contributed by atoms with van der Waals surface area (Å²) >= 11 is 0. The average molecular weight is 549 g/mol. The highest BCUT2D eigenvalue weighted by molar-refractivity contribution is 5.98. The number of carbonyl (C=O) groups is 3. The molecule has 0 aliphatic carbocycles. The van der Waals surface area contributed by atoms with Crippen molar-refractivity contribution in [2.75, 3.05) is 7.11 Å². The predicted molar refractivity (Wildman–Crippen MR) is 149 cm³/mol. The Bertz CT molecular complexity index is 1270. The zero-order chi connectivity index (χ0) is 29.1. The van der Waals surface area contributed by atoms with Crippen molar-refractivity contribution in [3.8, 4) is 17.2 Å². The molecule has 0 saturated carbocycles. The molecule has 0 aliphatic heterocycles. The quantitative estimate of drug-likeness (QED) is 0.304. The highest BCUT2D eigenvalue weighted by Crippen LogP contribution is 2.30. The summed E-state index contributed by atoms with van der Waals surface area (Å²) in [6.45, 7) is 6.58. The average Bonchev–Trinajstić information content (AvgIpc) is 2.95. The summed E-state index contributed by atoms with van der Waals surface area (Å²) in [5.41, 5.74) is 0.903. The monoisotopic (exact) mass is 548 g/mol. The Hall–Kier alpha value is -4.40. The number of pyridine rings is 1. The van der Waals surface area contributed by atoms with Gasteiger partial charge in [-0.15, -0.1) is 0 Å². The van der Waals surface area contributed by atoms with Crippen LogP contribution in [0.5, 0.6) is 17.2 Å². The normalized spacial score (nSPS) is 13.7. The zero-order valence-electron chi connectivity index (χ0n) is 23.5. The summed E-state index contributed by atoms with van der Waals surface area (Å²) in [5, 5.41) is 2.58. The van der Waals surface area contributed by atoms with Gasteiger partial charge in [0.1, 0.15) is 24.0 Å². The van der Waals surface area contributed by atoms with Crippen LogP contribution >= 0.6 is 0 Å². The molecule has 40 heavy (non-hydrogen) atoms. The third-order valence-electron chi connectivity index (χ3n) is 6.38. The maximum atomic E-state index is 13.1. The summed E-state index contributed by atoms with van der Waals surface area (Å²) in [7, 11) is 1.38. The minimum atomic E-state index is -1.01. The summed E-state index contributed by atoms with van der Waals surface area (Å²) in [4.78, 5) is 41.7. The minimum absolute atomic E-state index is 0.129. The smallest absolute Gasteiger partial charge is 0.328 e. The number of nitrogens with one attached hydrogen (secondary N) is 1. The molecule has 3 aromatic rings. The molecule has 2 aromatic carbocycles. The van der Waals surface area contributed by atoms with E-state index in [0.717, 1.165) is 11.3 Å². The summed E-state index contributed by atoms with van der Waals surface area (Å²) in [5.74, 6) is -1.38. The number of amides is 1. The van der Waals surface area contributed by atoms with Gasteiger partial charge in [-0.05, 0) is 44.4 Å². The lowest BCUT2D eigenvalue weighted by Gasteiger charge is -2.32. The molecular weight excluding hydrogens is 512 g/mol. The SMILES string of the molecule is CC[C@H](Oc1ccccc1)[C@@H](Cc1ccccc1)[C@H](C)OC(=O)[C@H](C)NC(=O)c1nccc(OC)c1OC(C)=O. The second-order valence-electron chi connectivity index (χ2n) is 9.35. The van der Waals surface area contributed by atoms with Gasteiger partial charge in [0.05, 0.1) is 7.11 Å². The number of para-hydroxylation sites is 1. The Morgan fingerprint density at radius 2 is 1.60 bits per heavy atom. The van der Waals surface area contributed by atoms with Crippen LogP contribution < -0.4 is 19.5 Å². The van der Waals surface area contributed by atoms with Crippen LogP contribution in [0.3, 0.4) is 0 Å². The van der Waals surface area contributed by atoms with Crippen LogP contribution in [0.25, 0.3) is 0 Å². The Kier molecular flexibility index (Phi) is 11.1. The van der Waals surface area contributed by atoms with Crippen LogP contribution in [0.2, 0.25) is 0 Å². The van der Waals surface area contributed by atoms with Crippen LogP contribution in [0.15, 0.2) is 72.9 Å². The van der Waals surface area contributed by atoms with E-state index in [0.29, 0.717) is 12.8 Å². The van der Waals surface area contributed by atoms with Gasteiger partial charge in [0, 0.05) is 25.1 Å². The fourth-order valence-corrected chi connectivity index (χ4v) is 4.33. The number of aromatic nitrogens is 1. The summed E-state index contributed by atoms with van der Waals surface area (Å²) in [6, 6.07) is 19.9. The van der Waals surface area contributed by atoms with E-state index in [1.165, 1.54) is 33.2 Å². The highest BCUT2D eigenvalue weighted by atomic mass is 16.6. The summed E-state index contributed by atoms with van der Waals surface area (Å²) in [6.07, 6.45) is 1.90. The van der Waals surface area contributed by atoms with Gasteiger partial charge in [0.25, 0.3) is 5.91 Å². The number of carbonyl (C=O) groups excluding carboxylic acids is 3. The fraction of sp³-hybridized carbons (Fsp3) is 0.355. The molecule has 1 amide bonds. The maximum absolute atomic E-state index is 13.1. The molecule has 0 bridgehead atoms. The van der Waals surface area contributed by atoms with E-state index in [9.17, 15) is 14.4 Å². The number of ether oxygens (including phenoxy) is 4. The first-order valence-electron chi connectivity index (χ1n) is 13.2. The number of rotatable bonds is 13. The topological polar surface area (TPSA) is 113 Å². The van der Waals surface area contributed by atoms with Crippen molar-refractivity contribution in [3.05, 3.63) is 84.2 Å². The van der Waals surface area contributed by atoms with Gasteiger partial charge in [-0.3, -0.25) is 9.59 Å². The Labute approximate surface area is 234 Å². The van der Waals surface area contributed by atoms with E-state index in [2.05, 4.69) is 10.3 Å².